The van der Waals surface area contributed by atoms with Crippen molar-refractivity contribution in [1.82, 2.24) is 9.29 Å². The van der Waals surface area contributed by atoms with Crippen LogP contribution in [-0.4, -0.2) is 35.9 Å². The summed E-state index contributed by atoms with van der Waals surface area (Å²) in [7, 11) is -3.49. The highest BCUT2D eigenvalue weighted by atomic mass is 32.2. The number of ether oxygens (including phenoxy) is 1. The Morgan fingerprint density at radius 3 is 2.58 bits per heavy atom. The van der Waals surface area contributed by atoms with Crippen molar-refractivity contribution in [2.24, 2.45) is 0 Å². The Balaban J connectivity index is 1.47. The van der Waals surface area contributed by atoms with Gasteiger partial charge in [0.05, 0.1) is 11.9 Å². The maximum Gasteiger partial charge on any atom is 0.218 e. The fraction of sp³-hybridized carbons (Fsp3) is 0.421. The molecular weight excluding hydrogens is 355 g/mol. The molecule has 2 aliphatic heterocycles. The minimum atomic E-state index is -3.49. The molecule has 0 radical (unpaired) electrons. The first-order valence-corrected chi connectivity index (χ1v) is 10.4. The third kappa shape index (κ3) is 3.59. The molecular formula is C19H21FN2O3S. The number of hydrogen-bond acceptors (Lipinski definition) is 4. The minimum absolute atomic E-state index is 0.00248. The smallest absolute Gasteiger partial charge is 0.218 e. The van der Waals surface area contributed by atoms with Crippen LogP contribution < -0.4 is 4.74 Å². The number of fused-ring (bicyclic) bond motifs is 2. The van der Waals surface area contributed by atoms with Crippen molar-refractivity contribution < 1.29 is 17.5 Å². The molecule has 7 heteroatoms. The number of sulfonamides is 1. The van der Waals surface area contributed by atoms with Crippen LogP contribution in [0.1, 0.15) is 31.2 Å². The SMILES string of the molecule is O=S(=O)(Cc1cccc(F)c1)N1[C@H]2CC[C@H]1CC(Oc1cccnc1)C2. The summed E-state index contributed by atoms with van der Waals surface area (Å²) in [5.74, 6) is 0.142. The van der Waals surface area contributed by atoms with Gasteiger partial charge in [0.25, 0.3) is 0 Å². The summed E-state index contributed by atoms with van der Waals surface area (Å²) < 4.78 is 46.9. The van der Waals surface area contributed by atoms with Gasteiger partial charge in [-0.25, -0.2) is 12.8 Å². The Morgan fingerprint density at radius 1 is 1.15 bits per heavy atom. The molecule has 3 heterocycles. The van der Waals surface area contributed by atoms with Crippen LogP contribution in [0.3, 0.4) is 0 Å². The van der Waals surface area contributed by atoms with Crippen molar-refractivity contribution >= 4 is 10.0 Å². The van der Waals surface area contributed by atoms with Crippen molar-refractivity contribution in [3.05, 3.63) is 60.2 Å². The molecule has 26 heavy (non-hydrogen) atoms. The van der Waals surface area contributed by atoms with Crippen LogP contribution in [0.4, 0.5) is 4.39 Å². The molecule has 0 aliphatic carbocycles. The Bertz CT molecular complexity index is 861. The van der Waals surface area contributed by atoms with Crippen molar-refractivity contribution in [2.75, 3.05) is 0 Å². The number of piperidine rings is 1. The lowest BCUT2D eigenvalue weighted by Gasteiger charge is -2.37. The highest BCUT2D eigenvalue weighted by molar-refractivity contribution is 7.88. The second kappa shape index (κ2) is 6.96. The third-order valence-electron chi connectivity index (χ3n) is 5.12. The summed E-state index contributed by atoms with van der Waals surface area (Å²) in [6.07, 6.45) is 6.41. The molecule has 138 valence electrons. The van der Waals surface area contributed by atoms with E-state index in [0.717, 1.165) is 12.8 Å². The summed E-state index contributed by atoms with van der Waals surface area (Å²) in [4.78, 5) is 4.05. The summed E-state index contributed by atoms with van der Waals surface area (Å²) in [6, 6.07) is 9.40. The fourth-order valence-corrected chi connectivity index (χ4v) is 6.20. The largest absolute Gasteiger partial charge is 0.489 e. The lowest BCUT2D eigenvalue weighted by molar-refractivity contribution is 0.0953. The lowest BCUT2D eigenvalue weighted by Crippen LogP contribution is -2.49. The van der Waals surface area contributed by atoms with Crippen molar-refractivity contribution in [2.45, 2.75) is 49.6 Å². The van der Waals surface area contributed by atoms with Crippen molar-refractivity contribution in [3.63, 3.8) is 0 Å². The van der Waals surface area contributed by atoms with E-state index in [1.165, 1.54) is 12.1 Å². The average molecular weight is 376 g/mol. The van der Waals surface area contributed by atoms with E-state index in [1.54, 1.807) is 28.8 Å². The van der Waals surface area contributed by atoms with E-state index in [-0.39, 0.29) is 23.9 Å². The quantitative estimate of drug-likeness (QED) is 0.804. The van der Waals surface area contributed by atoms with E-state index < -0.39 is 15.8 Å². The number of aromatic nitrogens is 1. The third-order valence-corrected chi connectivity index (χ3v) is 7.06. The summed E-state index contributed by atoms with van der Waals surface area (Å²) >= 11 is 0. The Morgan fingerprint density at radius 2 is 1.92 bits per heavy atom. The normalized spacial score (nSPS) is 26.0. The molecule has 0 saturated carbocycles. The lowest BCUT2D eigenvalue weighted by atomic mass is 10.0. The van der Waals surface area contributed by atoms with Crippen LogP contribution in [0.25, 0.3) is 0 Å². The molecule has 0 unspecified atom stereocenters. The van der Waals surface area contributed by atoms with Gasteiger partial charge in [-0.05, 0) is 42.7 Å². The van der Waals surface area contributed by atoms with Crippen LogP contribution in [0.15, 0.2) is 48.8 Å². The van der Waals surface area contributed by atoms with Gasteiger partial charge in [0.2, 0.25) is 10.0 Å². The van der Waals surface area contributed by atoms with Gasteiger partial charge in [0, 0.05) is 31.1 Å². The Labute approximate surface area is 152 Å². The van der Waals surface area contributed by atoms with Gasteiger partial charge in [0.1, 0.15) is 17.7 Å². The number of halogens is 1. The van der Waals surface area contributed by atoms with E-state index >= 15 is 0 Å². The van der Waals surface area contributed by atoms with Crippen molar-refractivity contribution in [3.8, 4) is 5.75 Å². The molecule has 0 amide bonds. The summed E-state index contributed by atoms with van der Waals surface area (Å²) in [5.41, 5.74) is 0.484. The van der Waals surface area contributed by atoms with Crippen LogP contribution >= 0.6 is 0 Å². The molecule has 2 saturated heterocycles. The van der Waals surface area contributed by atoms with Crippen LogP contribution in [-0.2, 0) is 15.8 Å². The maximum atomic E-state index is 13.4. The Kier molecular flexibility index (Phi) is 4.67. The molecule has 0 N–H and O–H groups in total. The van der Waals surface area contributed by atoms with E-state index in [9.17, 15) is 12.8 Å². The number of hydrogen-bond donors (Lipinski definition) is 0. The fourth-order valence-electron chi connectivity index (χ4n) is 4.16. The van der Waals surface area contributed by atoms with Crippen LogP contribution in [0.5, 0.6) is 5.75 Å². The van der Waals surface area contributed by atoms with Gasteiger partial charge in [-0.3, -0.25) is 4.98 Å². The topological polar surface area (TPSA) is 59.5 Å². The second-order valence-electron chi connectivity index (χ2n) is 7.00. The zero-order valence-corrected chi connectivity index (χ0v) is 15.1. The zero-order valence-electron chi connectivity index (χ0n) is 14.3. The average Bonchev–Trinajstić information content (AvgIpc) is 2.88. The minimum Gasteiger partial charge on any atom is -0.489 e. The molecule has 5 nitrogen and oxygen atoms in total. The first kappa shape index (κ1) is 17.4. The maximum absolute atomic E-state index is 13.4. The number of benzene rings is 1. The highest BCUT2D eigenvalue weighted by Gasteiger charge is 2.47. The predicted molar refractivity (Wildman–Crippen MR) is 95.6 cm³/mol. The molecule has 2 aliphatic rings. The number of nitrogens with zero attached hydrogens (tertiary/aromatic N) is 2. The van der Waals surface area contributed by atoms with E-state index in [2.05, 4.69) is 4.98 Å². The summed E-state index contributed by atoms with van der Waals surface area (Å²) in [5, 5.41) is 0. The molecule has 1 aromatic carbocycles. The van der Waals surface area contributed by atoms with E-state index in [0.29, 0.717) is 24.2 Å². The van der Waals surface area contributed by atoms with Crippen molar-refractivity contribution in [1.29, 1.82) is 0 Å². The molecule has 2 bridgehead atoms. The number of rotatable bonds is 5. The highest BCUT2D eigenvalue weighted by Crippen LogP contribution is 2.39. The van der Waals surface area contributed by atoms with Gasteiger partial charge in [-0.1, -0.05) is 12.1 Å². The first-order valence-electron chi connectivity index (χ1n) is 8.83. The van der Waals surface area contributed by atoms with E-state index in [1.807, 2.05) is 12.1 Å². The molecule has 4 rings (SSSR count). The molecule has 0 spiro atoms. The first-order chi connectivity index (χ1) is 12.5. The predicted octanol–water partition coefficient (Wildman–Crippen LogP) is 3.12. The molecule has 2 fully saturated rings. The van der Waals surface area contributed by atoms with Gasteiger partial charge in [-0.15, -0.1) is 0 Å². The van der Waals surface area contributed by atoms with Gasteiger partial charge in [-0.2, -0.15) is 4.31 Å². The van der Waals surface area contributed by atoms with E-state index in [4.69, 9.17) is 4.74 Å². The Hall–Kier alpha value is -1.99. The monoisotopic (exact) mass is 376 g/mol. The van der Waals surface area contributed by atoms with Gasteiger partial charge < -0.3 is 4.74 Å². The second-order valence-corrected chi connectivity index (χ2v) is 8.88. The van der Waals surface area contributed by atoms with Crippen LogP contribution in [0.2, 0.25) is 0 Å². The standard InChI is InChI=1S/C19H21FN2O3S/c20-15-4-1-3-14(9-15)13-26(23,24)22-16-6-7-17(22)11-19(10-16)25-18-5-2-8-21-12-18/h1-5,8-9,12,16-17,19H,6-7,10-11,13H2/t16-,17-/m0/s1. The molecule has 1 aromatic heterocycles. The van der Waals surface area contributed by atoms with Gasteiger partial charge >= 0.3 is 0 Å². The number of pyridine rings is 1. The van der Waals surface area contributed by atoms with Crippen LogP contribution in [0, 0.1) is 5.82 Å². The van der Waals surface area contributed by atoms with Gasteiger partial charge in [0.15, 0.2) is 0 Å². The molecule has 2 atom stereocenters. The molecule has 2 aromatic rings. The zero-order chi connectivity index (χ0) is 18.1. The summed E-state index contributed by atoms with van der Waals surface area (Å²) in [6.45, 7) is 0.